The van der Waals surface area contributed by atoms with E-state index in [2.05, 4.69) is 40.1 Å². The summed E-state index contributed by atoms with van der Waals surface area (Å²) in [5.41, 5.74) is 7.79. The van der Waals surface area contributed by atoms with Gasteiger partial charge in [-0.05, 0) is 31.5 Å². The Morgan fingerprint density at radius 3 is 2.89 bits per heavy atom. The van der Waals surface area contributed by atoms with Crippen molar-refractivity contribution >= 4 is 33.4 Å². The molecule has 2 rings (SSSR count). The summed E-state index contributed by atoms with van der Waals surface area (Å²) in [6, 6.07) is 8.20. The van der Waals surface area contributed by atoms with Gasteiger partial charge >= 0.3 is 0 Å². The molecule has 3 nitrogen and oxygen atoms in total. The molecule has 0 aliphatic rings. The highest BCUT2D eigenvalue weighted by molar-refractivity contribution is 9.10. The van der Waals surface area contributed by atoms with Crippen molar-refractivity contribution in [1.82, 2.24) is 9.78 Å². The standard InChI is InChI=1S/C13H16BrN3S/c1-3-7-17-13(12(15)9(2)16-17)18-11-6-4-5-10(14)8-11/h4-6,8H,3,7,15H2,1-2H3. The van der Waals surface area contributed by atoms with Gasteiger partial charge < -0.3 is 5.73 Å². The highest BCUT2D eigenvalue weighted by atomic mass is 79.9. The Kier molecular flexibility index (Phi) is 4.35. The van der Waals surface area contributed by atoms with Crippen LogP contribution in [0.15, 0.2) is 38.7 Å². The minimum atomic E-state index is 0.786. The summed E-state index contributed by atoms with van der Waals surface area (Å²) in [6.45, 7) is 4.99. The molecule has 1 aromatic heterocycles. The van der Waals surface area contributed by atoms with Crippen LogP contribution in [0, 0.1) is 6.92 Å². The Balaban J connectivity index is 2.33. The molecule has 96 valence electrons. The van der Waals surface area contributed by atoms with Crippen LogP contribution in [0.3, 0.4) is 0 Å². The molecular weight excluding hydrogens is 310 g/mol. The average molecular weight is 326 g/mol. The zero-order valence-corrected chi connectivity index (χ0v) is 12.9. The highest BCUT2D eigenvalue weighted by Crippen LogP contribution is 2.34. The Labute approximate surface area is 120 Å². The van der Waals surface area contributed by atoms with Gasteiger partial charge in [0.15, 0.2) is 0 Å². The summed E-state index contributed by atoms with van der Waals surface area (Å²) < 4.78 is 3.07. The van der Waals surface area contributed by atoms with Crippen LogP contribution in [0.5, 0.6) is 0 Å². The maximum absolute atomic E-state index is 6.10. The third kappa shape index (κ3) is 2.90. The number of halogens is 1. The van der Waals surface area contributed by atoms with E-state index >= 15 is 0 Å². The van der Waals surface area contributed by atoms with Crippen molar-refractivity contribution in [2.45, 2.75) is 36.7 Å². The predicted molar refractivity (Wildman–Crippen MR) is 79.9 cm³/mol. The van der Waals surface area contributed by atoms with Crippen LogP contribution in [-0.2, 0) is 6.54 Å². The van der Waals surface area contributed by atoms with Crippen LogP contribution in [0.4, 0.5) is 5.69 Å². The van der Waals surface area contributed by atoms with Crippen molar-refractivity contribution in [2.24, 2.45) is 0 Å². The lowest BCUT2D eigenvalue weighted by atomic mass is 10.4. The Hall–Kier alpha value is -0.940. The molecule has 0 spiro atoms. The number of hydrogen-bond donors (Lipinski definition) is 1. The first-order chi connectivity index (χ1) is 8.61. The zero-order valence-electron chi connectivity index (χ0n) is 10.5. The van der Waals surface area contributed by atoms with E-state index in [-0.39, 0.29) is 0 Å². The summed E-state index contributed by atoms with van der Waals surface area (Å²) in [5, 5.41) is 5.51. The molecule has 18 heavy (non-hydrogen) atoms. The quantitative estimate of drug-likeness (QED) is 0.920. The largest absolute Gasteiger partial charge is 0.395 e. The molecule has 0 saturated heterocycles. The van der Waals surface area contributed by atoms with E-state index in [0.717, 1.165) is 38.7 Å². The lowest BCUT2D eigenvalue weighted by molar-refractivity contribution is 0.556. The number of hydrogen-bond acceptors (Lipinski definition) is 3. The van der Waals surface area contributed by atoms with E-state index in [1.165, 1.54) is 0 Å². The molecule has 0 saturated carbocycles. The minimum Gasteiger partial charge on any atom is -0.395 e. The Morgan fingerprint density at radius 2 is 2.22 bits per heavy atom. The second kappa shape index (κ2) is 5.80. The van der Waals surface area contributed by atoms with E-state index in [0.29, 0.717) is 0 Å². The van der Waals surface area contributed by atoms with Gasteiger partial charge in [0, 0.05) is 15.9 Å². The molecule has 0 amide bonds. The van der Waals surface area contributed by atoms with Crippen LogP contribution < -0.4 is 5.73 Å². The van der Waals surface area contributed by atoms with Gasteiger partial charge in [-0.3, -0.25) is 4.68 Å². The monoisotopic (exact) mass is 325 g/mol. The molecule has 2 aromatic rings. The fraction of sp³-hybridized carbons (Fsp3) is 0.308. The fourth-order valence-electron chi connectivity index (χ4n) is 1.69. The van der Waals surface area contributed by atoms with Gasteiger partial charge in [-0.2, -0.15) is 5.10 Å². The summed E-state index contributed by atoms with van der Waals surface area (Å²) >= 11 is 5.14. The number of nitrogens with zero attached hydrogens (tertiary/aromatic N) is 2. The third-order valence-corrected chi connectivity index (χ3v) is 4.18. The number of rotatable bonds is 4. The van der Waals surface area contributed by atoms with Crippen molar-refractivity contribution in [3.05, 3.63) is 34.4 Å². The van der Waals surface area contributed by atoms with Crippen LogP contribution >= 0.6 is 27.7 Å². The van der Waals surface area contributed by atoms with Gasteiger partial charge in [0.2, 0.25) is 0 Å². The van der Waals surface area contributed by atoms with Crippen molar-refractivity contribution in [3.63, 3.8) is 0 Å². The Morgan fingerprint density at radius 1 is 1.44 bits per heavy atom. The van der Waals surface area contributed by atoms with E-state index in [1.54, 1.807) is 11.8 Å². The molecule has 1 heterocycles. The topological polar surface area (TPSA) is 43.8 Å². The van der Waals surface area contributed by atoms with Crippen molar-refractivity contribution < 1.29 is 0 Å². The van der Waals surface area contributed by atoms with Crippen LogP contribution in [-0.4, -0.2) is 9.78 Å². The molecule has 5 heteroatoms. The molecule has 0 aliphatic carbocycles. The van der Waals surface area contributed by atoms with Gasteiger partial charge in [-0.15, -0.1) is 0 Å². The second-order valence-electron chi connectivity index (χ2n) is 4.09. The lowest BCUT2D eigenvalue weighted by Crippen LogP contribution is -2.01. The van der Waals surface area contributed by atoms with Gasteiger partial charge in [-0.25, -0.2) is 0 Å². The van der Waals surface area contributed by atoms with E-state index in [4.69, 9.17) is 5.73 Å². The molecule has 0 bridgehead atoms. The molecular formula is C13H16BrN3S. The normalized spacial score (nSPS) is 10.8. The summed E-state index contributed by atoms with van der Waals surface area (Å²) in [4.78, 5) is 1.16. The maximum atomic E-state index is 6.10. The third-order valence-electron chi connectivity index (χ3n) is 2.57. The lowest BCUT2D eigenvalue weighted by Gasteiger charge is -2.06. The van der Waals surface area contributed by atoms with E-state index in [9.17, 15) is 0 Å². The maximum Gasteiger partial charge on any atom is 0.122 e. The number of aromatic nitrogens is 2. The van der Waals surface area contributed by atoms with Crippen LogP contribution in [0.25, 0.3) is 0 Å². The number of anilines is 1. The average Bonchev–Trinajstić information content (AvgIpc) is 2.58. The fourth-order valence-corrected chi connectivity index (χ4v) is 3.29. The predicted octanol–water partition coefficient (Wildman–Crippen LogP) is 4.10. The van der Waals surface area contributed by atoms with Gasteiger partial charge in [0.1, 0.15) is 5.03 Å². The smallest absolute Gasteiger partial charge is 0.122 e. The van der Waals surface area contributed by atoms with Gasteiger partial charge in [-0.1, -0.05) is 40.7 Å². The van der Waals surface area contributed by atoms with Crippen molar-refractivity contribution in [2.75, 3.05) is 5.73 Å². The zero-order chi connectivity index (χ0) is 13.1. The first-order valence-corrected chi connectivity index (χ1v) is 7.49. The molecule has 0 fully saturated rings. The minimum absolute atomic E-state index is 0.786. The number of nitrogen functional groups attached to an aromatic ring is 1. The summed E-state index contributed by atoms with van der Waals surface area (Å²) in [7, 11) is 0. The van der Waals surface area contributed by atoms with Gasteiger partial charge in [0.05, 0.1) is 11.4 Å². The molecule has 0 atom stereocenters. The van der Waals surface area contributed by atoms with E-state index in [1.807, 2.05) is 23.7 Å². The second-order valence-corrected chi connectivity index (χ2v) is 6.06. The van der Waals surface area contributed by atoms with Crippen molar-refractivity contribution in [1.29, 1.82) is 0 Å². The van der Waals surface area contributed by atoms with Gasteiger partial charge in [0.25, 0.3) is 0 Å². The first kappa shape index (κ1) is 13.5. The van der Waals surface area contributed by atoms with Crippen LogP contribution in [0.1, 0.15) is 19.0 Å². The van der Waals surface area contributed by atoms with Crippen LogP contribution in [0.2, 0.25) is 0 Å². The molecule has 0 radical (unpaired) electrons. The molecule has 0 aliphatic heterocycles. The first-order valence-electron chi connectivity index (χ1n) is 5.88. The summed E-state index contributed by atoms with van der Waals surface area (Å²) in [6.07, 6.45) is 1.05. The highest BCUT2D eigenvalue weighted by Gasteiger charge is 2.13. The Bertz CT molecular complexity index is 551. The summed E-state index contributed by atoms with van der Waals surface area (Å²) in [5.74, 6) is 0. The molecule has 1 aromatic carbocycles. The van der Waals surface area contributed by atoms with Crippen molar-refractivity contribution in [3.8, 4) is 0 Å². The molecule has 0 unspecified atom stereocenters. The number of benzene rings is 1. The molecule has 2 N–H and O–H groups in total. The number of nitrogens with two attached hydrogens (primary N) is 1. The SMILES string of the molecule is CCCn1nc(C)c(N)c1Sc1cccc(Br)c1. The number of aryl methyl sites for hydroxylation is 2. The van der Waals surface area contributed by atoms with E-state index < -0.39 is 0 Å².